The highest BCUT2D eigenvalue weighted by Crippen LogP contribution is 1.84. The van der Waals surface area contributed by atoms with Crippen LogP contribution in [0.1, 0.15) is 19.8 Å². The minimum absolute atomic E-state index is 0.00650. The van der Waals surface area contributed by atoms with Crippen molar-refractivity contribution in [2.45, 2.75) is 25.7 Å². The molecule has 13 heavy (non-hydrogen) atoms. The summed E-state index contributed by atoms with van der Waals surface area (Å²) in [5.74, 6) is -0.00650. The summed E-state index contributed by atoms with van der Waals surface area (Å²) in [4.78, 5) is 3.32. The molecule has 0 aromatic heterocycles. The fourth-order valence-electron chi connectivity index (χ4n) is 0.931. The van der Waals surface area contributed by atoms with Gasteiger partial charge in [0.2, 0.25) is 0 Å². The third kappa shape index (κ3) is 8.39. The van der Waals surface area contributed by atoms with Gasteiger partial charge in [0.15, 0.2) is 9.68 Å². The highest BCUT2D eigenvalue weighted by Gasteiger charge is 2.03. The zero-order chi connectivity index (χ0) is 9.94. The van der Waals surface area contributed by atoms with Gasteiger partial charge in [0.05, 0.1) is 0 Å². The molecular formula is C8H22N2O2Si. The number of rotatable bonds is 9. The van der Waals surface area contributed by atoms with Crippen LogP contribution >= 0.6 is 0 Å². The molecule has 0 bridgehead atoms. The fourth-order valence-corrected chi connectivity index (χ4v) is 1.82. The maximum atomic E-state index is 5.08. The summed E-state index contributed by atoms with van der Waals surface area (Å²) < 4.78 is 10.2. The second kappa shape index (κ2) is 10.1. The van der Waals surface area contributed by atoms with E-state index in [2.05, 4.69) is 17.2 Å². The minimum Gasteiger partial charge on any atom is -0.359 e. The van der Waals surface area contributed by atoms with Gasteiger partial charge >= 0.3 is 0 Å². The van der Waals surface area contributed by atoms with Crippen molar-refractivity contribution in [3.63, 3.8) is 0 Å². The Kier molecular flexibility index (Phi) is 10.2. The molecule has 0 atom stereocenters. The van der Waals surface area contributed by atoms with Crippen molar-refractivity contribution in [3.8, 4) is 0 Å². The summed E-state index contributed by atoms with van der Waals surface area (Å²) in [6.45, 7) is 4.15. The van der Waals surface area contributed by atoms with Gasteiger partial charge < -0.3 is 19.8 Å². The molecule has 0 aromatic carbocycles. The highest BCUT2D eigenvalue weighted by molar-refractivity contribution is 6.33. The Morgan fingerprint density at radius 3 is 2.54 bits per heavy atom. The molecule has 0 aliphatic heterocycles. The number of hydrogen-bond acceptors (Lipinski definition) is 4. The van der Waals surface area contributed by atoms with E-state index in [0.29, 0.717) is 0 Å². The first-order valence-electron chi connectivity index (χ1n) is 4.82. The van der Waals surface area contributed by atoms with E-state index in [-0.39, 0.29) is 5.91 Å². The van der Waals surface area contributed by atoms with Crippen LogP contribution in [0.2, 0.25) is 0 Å². The molecule has 0 radical (unpaired) electrons. The zero-order valence-electron chi connectivity index (χ0n) is 8.93. The molecule has 0 aliphatic rings. The van der Waals surface area contributed by atoms with E-state index in [1.807, 2.05) is 0 Å². The Balaban J connectivity index is 3.05. The molecule has 5 heteroatoms. The van der Waals surface area contributed by atoms with Gasteiger partial charge in [-0.05, 0) is 13.0 Å². The zero-order valence-corrected chi connectivity index (χ0v) is 10.3. The Labute approximate surface area is 83.3 Å². The van der Waals surface area contributed by atoms with Crippen LogP contribution < -0.4 is 10.3 Å². The number of methoxy groups -OCH3 is 2. The third-order valence-corrected chi connectivity index (χ3v) is 3.33. The lowest BCUT2D eigenvalue weighted by atomic mass is 10.3. The van der Waals surface area contributed by atoms with Gasteiger partial charge in [0.25, 0.3) is 0 Å². The van der Waals surface area contributed by atoms with Crippen LogP contribution in [0.15, 0.2) is 0 Å². The molecule has 0 aliphatic carbocycles. The predicted octanol–water partition coefficient (Wildman–Crippen LogP) is -0.417. The van der Waals surface area contributed by atoms with Gasteiger partial charge in [-0.3, -0.25) is 0 Å². The second-order valence-electron chi connectivity index (χ2n) is 2.89. The quantitative estimate of drug-likeness (QED) is 0.306. The van der Waals surface area contributed by atoms with Crippen LogP contribution in [0.25, 0.3) is 0 Å². The molecule has 4 nitrogen and oxygen atoms in total. The largest absolute Gasteiger partial charge is 0.359 e. The summed E-state index contributed by atoms with van der Waals surface area (Å²) in [6.07, 6.45) is 2.48. The van der Waals surface area contributed by atoms with Crippen molar-refractivity contribution >= 4 is 9.68 Å². The number of ether oxygens (including phenoxy) is 2. The molecule has 80 valence electrons. The summed E-state index contributed by atoms with van der Waals surface area (Å²) in [5, 5.41) is 3.30. The molecule has 0 spiro atoms. The second-order valence-corrected chi connectivity index (χ2v) is 4.46. The van der Waals surface area contributed by atoms with Crippen molar-refractivity contribution in [2.24, 2.45) is 0 Å². The van der Waals surface area contributed by atoms with Crippen LogP contribution in [0.4, 0.5) is 0 Å². The molecule has 0 aromatic rings. The van der Waals surface area contributed by atoms with E-state index in [0.717, 1.165) is 13.2 Å². The third-order valence-electron chi connectivity index (χ3n) is 1.79. The van der Waals surface area contributed by atoms with E-state index in [4.69, 9.17) is 9.47 Å². The monoisotopic (exact) mass is 206 g/mol. The maximum Gasteiger partial charge on any atom is 0.159 e. The van der Waals surface area contributed by atoms with Crippen LogP contribution in [0.5, 0.6) is 0 Å². The standard InChI is InChI=1S/C8H22N2O2Si/c1-4-5-6-9-7-10-13-8(11-2)12-3/h8-10H,4-7,13H2,1-3H3. The molecule has 0 fully saturated rings. The van der Waals surface area contributed by atoms with E-state index in [1.54, 1.807) is 14.2 Å². The van der Waals surface area contributed by atoms with Gasteiger partial charge in [0.1, 0.15) is 5.91 Å². The van der Waals surface area contributed by atoms with Crippen molar-refractivity contribution in [1.82, 2.24) is 10.3 Å². The average molecular weight is 206 g/mol. The smallest absolute Gasteiger partial charge is 0.159 e. The molecule has 2 N–H and O–H groups in total. The molecule has 0 rings (SSSR count). The van der Waals surface area contributed by atoms with E-state index < -0.39 is 9.68 Å². The summed E-state index contributed by atoms with van der Waals surface area (Å²) in [7, 11) is 2.88. The van der Waals surface area contributed by atoms with E-state index >= 15 is 0 Å². The van der Waals surface area contributed by atoms with Gasteiger partial charge in [-0.15, -0.1) is 0 Å². The fraction of sp³-hybridized carbons (Fsp3) is 1.00. The van der Waals surface area contributed by atoms with Gasteiger partial charge in [-0.2, -0.15) is 0 Å². The Hall–Kier alpha value is 0.0569. The summed E-state index contributed by atoms with van der Waals surface area (Å²) in [5.41, 5.74) is 0. The van der Waals surface area contributed by atoms with Gasteiger partial charge in [-0.25, -0.2) is 0 Å². The van der Waals surface area contributed by atoms with Crippen molar-refractivity contribution in [1.29, 1.82) is 0 Å². The first-order valence-corrected chi connectivity index (χ1v) is 6.34. The molecule has 0 unspecified atom stereocenters. The Bertz CT molecular complexity index is 102. The molecule has 0 amide bonds. The molecule has 0 saturated heterocycles. The molecule has 0 saturated carbocycles. The van der Waals surface area contributed by atoms with Gasteiger partial charge in [-0.1, -0.05) is 13.3 Å². The molecule has 0 heterocycles. The lowest BCUT2D eigenvalue weighted by Crippen LogP contribution is -2.39. The Morgan fingerprint density at radius 1 is 1.31 bits per heavy atom. The topological polar surface area (TPSA) is 42.5 Å². The van der Waals surface area contributed by atoms with Gasteiger partial charge in [0, 0.05) is 20.9 Å². The van der Waals surface area contributed by atoms with Crippen LogP contribution in [-0.2, 0) is 9.47 Å². The lowest BCUT2D eigenvalue weighted by molar-refractivity contribution is -0.0450. The number of nitrogens with one attached hydrogen (secondary N) is 2. The van der Waals surface area contributed by atoms with Crippen LogP contribution in [-0.4, -0.2) is 43.0 Å². The van der Waals surface area contributed by atoms with Crippen LogP contribution in [0, 0.1) is 0 Å². The SMILES string of the molecule is CCCCNCN[SiH2]C(OC)OC. The first kappa shape index (κ1) is 13.1. The maximum absolute atomic E-state index is 5.08. The highest BCUT2D eigenvalue weighted by atomic mass is 28.2. The molecular weight excluding hydrogens is 184 g/mol. The van der Waals surface area contributed by atoms with E-state index in [1.165, 1.54) is 12.8 Å². The predicted molar refractivity (Wildman–Crippen MR) is 57.3 cm³/mol. The van der Waals surface area contributed by atoms with E-state index in [9.17, 15) is 0 Å². The van der Waals surface area contributed by atoms with Crippen molar-refractivity contribution in [2.75, 3.05) is 27.4 Å². The normalized spacial score (nSPS) is 12.0. The number of hydrogen-bond donors (Lipinski definition) is 2. The van der Waals surface area contributed by atoms with Crippen LogP contribution in [0.3, 0.4) is 0 Å². The number of unbranched alkanes of at least 4 members (excludes halogenated alkanes) is 1. The lowest BCUT2D eigenvalue weighted by Gasteiger charge is -2.13. The summed E-state index contributed by atoms with van der Waals surface area (Å²) >= 11 is 0. The average Bonchev–Trinajstić information content (AvgIpc) is 2.17. The van der Waals surface area contributed by atoms with Crippen molar-refractivity contribution in [3.05, 3.63) is 0 Å². The summed E-state index contributed by atoms with van der Waals surface area (Å²) in [6, 6.07) is 0. The first-order chi connectivity index (χ1) is 6.35. The Morgan fingerprint density at radius 2 is 2.00 bits per heavy atom. The van der Waals surface area contributed by atoms with Crippen molar-refractivity contribution < 1.29 is 9.47 Å². The minimum atomic E-state index is -0.466.